The van der Waals surface area contributed by atoms with E-state index in [0.717, 1.165) is 5.57 Å². The Morgan fingerprint density at radius 1 is 1.15 bits per heavy atom. The van der Waals surface area contributed by atoms with Gasteiger partial charge >= 0.3 is 0 Å². The maximum atomic E-state index is 13.4. The molecule has 0 bridgehead atoms. The summed E-state index contributed by atoms with van der Waals surface area (Å²) >= 11 is 0. The summed E-state index contributed by atoms with van der Waals surface area (Å²) in [6.45, 7) is 3.84. The second kappa shape index (κ2) is 6.76. The van der Waals surface area contributed by atoms with Crippen LogP contribution in [0.5, 0.6) is 0 Å². The van der Waals surface area contributed by atoms with E-state index in [1.54, 1.807) is 0 Å². The van der Waals surface area contributed by atoms with Crippen molar-refractivity contribution < 1.29 is 14.4 Å². The number of hydrogen-bond donors (Lipinski definition) is 9. The number of nitrogens with two attached hydrogens (primary N) is 9. The molecule has 4 rings (SSSR count). The second-order valence-corrected chi connectivity index (χ2v) is 11.0. The Hall–Kier alpha value is -1.58. The Balaban J connectivity index is 1.93. The molecule has 18 N–H and O–H groups in total. The van der Waals surface area contributed by atoms with Gasteiger partial charge in [-0.2, -0.15) is 0 Å². The van der Waals surface area contributed by atoms with E-state index in [1.807, 2.05) is 19.9 Å². The molecule has 2 fully saturated rings. The van der Waals surface area contributed by atoms with E-state index in [1.165, 1.54) is 6.08 Å². The predicted octanol–water partition coefficient (Wildman–Crippen LogP) is -3.45. The Bertz CT molecular complexity index is 989. The van der Waals surface area contributed by atoms with Crippen LogP contribution in [-0.2, 0) is 14.4 Å². The van der Waals surface area contributed by atoms with Gasteiger partial charge in [0, 0.05) is 29.2 Å². The Kier molecular flexibility index (Phi) is 5.03. The van der Waals surface area contributed by atoms with Crippen LogP contribution in [0.4, 0.5) is 0 Å². The number of fused-ring (bicyclic) bond motifs is 5. The first-order valence-corrected chi connectivity index (χ1v) is 11.1. The van der Waals surface area contributed by atoms with E-state index in [0.29, 0.717) is 31.3 Å². The van der Waals surface area contributed by atoms with Crippen molar-refractivity contribution in [1.29, 1.82) is 0 Å². The summed E-state index contributed by atoms with van der Waals surface area (Å²) in [6.07, 6.45) is 5.00. The van der Waals surface area contributed by atoms with Gasteiger partial charge in [0.1, 0.15) is 16.9 Å². The highest BCUT2D eigenvalue weighted by Gasteiger charge is 2.73. The van der Waals surface area contributed by atoms with Crippen molar-refractivity contribution in [2.24, 2.45) is 74.4 Å². The van der Waals surface area contributed by atoms with E-state index in [9.17, 15) is 9.59 Å². The molecule has 2 saturated carbocycles. The molecule has 0 radical (unpaired) electrons. The van der Waals surface area contributed by atoms with Gasteiger partial charge in [0.2, 0.25) is 5.78 Å². The number of ketones is 2. The molecule has 0 spiro atoms. The normalized spacial score (nSPS) is 43.7. The molecule has 12 nitrogen and oxygen atoms in total. The van der Waals surface area contributed by atoms with E-state index < -0.39 is 51.3 Å². The lowest BCUT2D eigenvalue weighted by atomic mass is 9.45. The molecular formula is C21H37N9O3. The lowest BCUT2D eigenvalue weighted by Crippen LogP contribution is -2.85. The topological polar surface area (TPSA) is 278 Å². The number of Topliss-reactive ketones (excluding diaryl/α,β-unsaturated/α-hetero) is 1. The third kappa shape index (κ3) is 2.70. The van der Waals surface area contributed by atoms with Crippen LogP contribution < -0.4 is 51.8 Å². The summed E-state index contributed by atoms with van der Waals surface area (Å²) < 4.78 is 0. The summed E-state index contributed by atoms with van der Waals surface area (Å²) in [5.41, 5.74) is 46.4. The van der Waals surface area contributed by atoms with Crippen LogP contribution in [0.2, 0.25) is 0 Å². The van der Waals surface area contributed by atoms with Crippen molar-refractivity contribution in [1.82, 2.24) is 0 Å². The lowest BCUT2D eigenvalue weighted by Gasteiger charge is -2.64. The van der Waals surface area contributed by atoms with Crippen molar-refractivity contribution in [2.75, 3.05) is 0 Å². The molecule has 0 aromatic rings. The summed E-state index contributed by atoms with van der Waals surface area (Å²) in [5.74, 6) is 1.01. The molecule has 0 aromatic heterocycles. The van der Waals surface area contributed by atoms with E-state index in [4.69, 9.17) is 51.8 Å². The maximum Gasteiger partial charge on any atom is 0.250 e. The maximum absolute atomic E-state index is 13.4. The van der Waals surface area contributed by atoms with E-state index in [-0.39, 0.29) is 11.7 Å². The van der Waals surface area contributed by atoms with Gasteiger partial charge in [-0.15, -0.1) is 0 Å². The highest BCUT2D eigenvalue weighted by atomic mass is 16.7. The Morgan fingerprint density at radius 2 is 1.76 bits per heavy atom. The van der Waals surface area contributed by atoms with Gasteiger partial charge < -0.3 is 34.4 Å². The monoisotopic (exact) mass is 463 g/mol. The molecule has 4 aliphatic carbocycles. The largest absolute Gasteiger partial charge is 0.326 e. The highest BCUT2D eigenvalue weighted by molar-refractivity contribution is 5.97. The molecule has 4 aliphatic rings. The van der Waals surface area contributed by atoms with E-state index in [2.05, 4.69) is 4.84 Å². The zero-order chi connectivity index (χ0) is 25.0. The number of allylic oxidation sites excluding steroid dienone is 2. The summed E-state index contributed by atoms with van der Waals surface area (Å²) in [6, 6.07) is -0.840. The Labute approximate surface area is 192 Å². The zero-order valence-corrected chi connectivity index (χ0v) is 19.1. The van der Waals surface area contributed by atoms with Crippen LogP contribution in [0.15, 0.2) is 23.3 Å². The Morgan fingerprint density at radius 3 is 2.33 bits per heavy atom. The SMILES string of the molecule is C[C@]12CCC(=O)C=C1C(N)(N)C(N)(N)C1C2=CC[C@@]2(C)C1CC(N)C2(N)C(=O)C(N)(N)ON. The lowest BCUT2D eigenvalue weighted by molar-refractivity contribution is -0.156. The molecule has 0 amide bonds. The minimum Gasteiger partial charge on any atom is -0.326 e. The number of hydrogen-bond acceptors (Lipinski definition) is 12. The number of carbonyl (C=O) groups is 2. The summed E-state index contributed by atoms with van der Waals surface area (Å²) in [7, 11) is 0. The number of carbonyl (C=O) groups excluding carboxylic acids is 2. The minimum atomic E-state index is -2.33. The van der Waals surface area contributed by atoms with Gasteiger partial charge in [0.25, 0.3) is 5.85 Å². The van der Waals surface area contributed by atoms with Crippen LogP contribution in [-0.4, -0.2) is 40.3 Å². The first-order chi connectivity index (χ1) is 14.9. The molecule has 0 aliphatic heterocycles. The van der Waals surface area contributed by atoms with Crippen LogP contribution in [0.25, 0.3) is 0 Å². The van der Waals surface area contributed by atoms with E-state index >= 15 is 0 Å². The van der Waals surface area contributed by atoms with Crippen molar-refractivity contribution in [3.05, 3.63) is 23.3 Å². The molecule has 6 atom stereocenters. The predicted molar refractivity (Wildman–Crippen MR) is 121 cm³/mol. The third-order valence-corrected chi connectivity index (χ3v) is 9.35. The van der Waals surface area contributed by atoms with Crippen molar-refractivity contribution in [3.63, 3.8) is 0 Å². The molecule has 12 heteroatoms. The summed E-state index contributed by atoms with van der Waals surface area (Å²) in [4.78, 5) is 30.3. The fourth-order valence-corrected chi connectivity index (χ4v) is 7.17. The van der Waals surface area contributed by atoms with Crippen LogP contribution in [0.1, 0.15) is 39.5 Å². The highest BCUT2D eigenvalue weighted by Crippen LogP contribution is 2.66. The average Bonchev–Trinajstić information content (AvgIpc) is 2.94. The van der Waals surface area contributed by atoms with Gasteiger partial charge in [-0.1, -0.05) is 25.5 Å². The molecule has 33 heavy (non-hydrogen) atoms. The van der Waals surface area contributed by atoms with Crippen LogP contribution in [0, 0.1) is 22.7 Å². The smallest absolute Gasteiger partial charge is 0.250 e. The summed E-state index contributed by atoms with van der Waals surface area (Å²) in [5, 5.41) is 0. The van der Waals surface area contributed by atoms with Crippen LogP contribution >= 0.6 is 0 Å². The van der Waals surface area contributed by atoms with Gasteiger partial charge in [-0.25, -0.2) is 5.90 Å². The average molecular weight is 464 g/mol. The van der Waals surface area contributed by atoms with Crippen molar-refractivity contribution in [2.45, 2.75) is 68.3 Å². The standard InChI is InChI=1S/C21H37N9O3/c1-16-5-3-9(31)7-12(16)19(24,25)20(26,27)14-10(16)4-6-17(2)11(14)8-13(22)18(17,23)15(32)21(28,29)33-30/h4,7,11,13-14H,3,5-6,8,22-30H2,1-2H3/t11?,13?,14?,16-,17+,18?/m1/s1. The molecule has 0 saturated heterocycles. The zero-order valence-electron chi connectivity index (χ0n) is 19.1. The van der Waals surface area contributed by atoms with Crippen LogP contribution in [0.3, 0.4) is 0 Å². The first-order valence-electron chi connectivity index (χ1n) is 11.1. The number of rotatable bonds is 3. The molecule has 4 unspecified atom stereocenters. The fraction of sp³-hybridized carbons (Fsp3) is 0.714. The van der Waals surface area contributed by atoms with Gasteiger partial charge in [-0.05, 0) is 36.8 Å². The second-order valence-electron chi connectivity index (χ2n) is 11.0. The van der Waals surface area contributed by atoms with Gasteiger partial charge in [-0.3, -0.25) is 25.9 Å². The van der Waals surface area contributed by atoms with Gasteiger partial charge in [0.15, 0.2) is 5.78 Å². The van der Waals surface area contributed by atoms with Gasteiger partial charge in [0.05, 0.1) is 0 Å². The fourth-order valence-electron chi connectivity index (χ4n) is 7.17. The minimum absolute atomic E-state index is 0.0725. The first kappa shape index (κ1) is 24.5. The third-order valence-electron chi connectivity index (χ3n) is 9.35. The van der Waals surface area contributed by atoms with Crippen molar-refractivity contribution in [3.8, 4) is 0 Å². The van der Waals surface area contributed by atoms with Crippen molar-refractivity contribution >= 4 is 11.6 Å². The molecule has 0 heterocycles. The molecular weight excluding hydrogens is 426 g/mol. The quantitative estimate of drug-likeness (QED) is 0.112. The molecule has 0 aromatic carbocycles. The molecule has 184 valence electrons.